The van der Waals surface area contributed by atoms with E-state index >= 15 is 13.2 Å². The van der Waals surface area contributed by atoms with Gasteiger partial charge < -0.3 is 19.3 Å². The molecule has 1 saturated carbocycles. The quantitative estimate of drug-likeness (QED) is 0.0825. The highest BCUT2D eigenvalue weighted by Gasteiger charge is 2.40. The number of benzene rings is 3. The van der Waals surface area contributed by atoms with E-state index in [2.05, 4.69) is 30.5 Å². The van der Waals surface area contributed by atoms with Gasteiger partial charge in [-0.05, 0) is 144 Å². The molecule has 3 fully saturated rings. The van der Waals surface area contributed by atoms with E-state index < -0.39 is 35.3 Å². The van der Waals surface area contributed by atoms with Crippen LogP contribution >= 0.6 is 11.3 Å². The second-order valence-corrected chi connectivity index (χ2v) is 23.1. The number of nitrogens with zero attached hydrogens (tertiary/aromatic N) is 8. The molecule has 16 nitrogen and oxygen atoms in total. The molecule has 0 bridgehead atoms. The number of piperazine rings is 1. The molecule has 412 valence electrons. The minimum Gasteiger partial charge on any atom is -0.490 e. The first-order chi connectivity index (χ1) is 37.9. The normalized spacial score (nSPS) is 19.4. The Morgan fingerprint density at radius 2 is 1.56 bits per heavy atom. The predicted octanol–water partition coefficient (Wildman–Crippen LogP) is 10.5. The standard InChI is InChI=1S/C59H63F3N10O6S/c1-58(2,3)78-56(76)52-39(21-24-47(64-52)72-29-27-36-11-7-13-40(43(36)34-72)54(74)67-57-63-44-14-5-6-16-46(44)79-57)38-12-8-15-45(50(38)59(60,61)62)77-37-19-17-35(18-20-37)10-9-28-70-30-32-71(33-31-70)48-25-22-41-51(68-69(4)53(41)65-48)42-23-26-49(73)66-55(42)75/h5-8,11-16,21-22,24-25,35,37,42H,9-10,17-20,23,26-34H2,1-4H3,(H,63,67,74)(H,66,73,75). The molecule has 20 heteroatoms. The number of aromatic nitrogens is 5. The van der Waals surface area contributed by atoms with Crippen molar-refractivity contribution in [3.05, 3.63) is 119 Å². The number of carbonyl (C=O) groups is 4. The van der Waals surface area contributed by atoms with Crippen molar-refractivity contribution >= 4 is 73.0 Å². The van der Waals surface area contributed by atoms with Gasteiger partial charge >= 0.3 is 12.1 Å². The van der Waals surface area contributed by atoms with Gasteiger partial charge in [0.2, 0.25) is 11.8 Å². The number of halogens is 3. The Morgan fingerprint density at radius 1 is 0.797 bits per heavy atom. The summed E-state index contributed by atoms with van der Waals surface area (Å²) in [6.07, 6.45) is 0.982. The highest BCUT2D eigenvalue weighted by atomic mass is 32.1. The Hall–Kier alpha value is -7.45. The van der Waals surface area contributed by atoms with Crippen LogP contribution in [0, 0.1) is 5.92 Å². The lowest BCUT2D eigenvalue weighted by Gasteiger charge is -2.36. The zero-order chi connectivity index (χ0) is 55.2. The summed E-state index contributed by atoms with van der Waals surface area (Å²) in [6, 6.07) is 24.6. The fraction of sp³-hybridized carbons (Fsp3) is 0.424. The van der Waals surface area contributed by atoms with Crippen LogP contribution in [0.5, 0.6) is 5.75 Å². The van der Waals surface area contributed by atoms with Crippen molar-refractivity contribution < 1.29 is 41.8 Å². The Kier molecular flexibility index (Phi) is 14.9. The molecular formula is C59H63F3N10O6S. The Morgan fingerprint density at radius 3 is 2.32 bits per heavy atom. The minimum absolute atomic E-state index is 0.0285. The molecule has 4 aromatic heterocycles. The summed E-state index contributed by atoms with van der Waals surface area (Å²) in [5, 5.41) is 11.3. The highest BCUT2D eigenvalue weighted by Crippen LogP contribution is 2.46. The number of esters is 1. The topological polar surface area (TPSA) is 177 Å². The summed E-state index contributed by atoms with van der Waals surface area (Å²) in [6.45, 7) is 10.2. The maximum Gasteiger partial charge on any atom is 0.420 e. The summed E-state index contributed by atoms with van der Waals surface area (Å²) < 4.78 is 61.2. The molecule has 2 N–H and O–H groups in total. The first kappa shape index (κ1) is 53.5. The number of aryl methyl sites for hydroxylation is 1. The van der Waals surface area contributed by atoms with E-state index in [1.165, 1.54) is 35.6 Å². The molecule has 7 aromatic rings. The van der Waals surface area contributed by atoms with Crippen molar-refractivity contribution in [1.29, 1.82) is 0 Å². The number of hydrogen-bond donors (Lipinski definition) is 2. The number of pyridine rings is 2. The van der Waals surface area contributed by atoms with Crippen LogP contribution in [-0.2, 0) is 40.5 Å². The summed E-state index contributed by atoms with van der Waals surface area (Å²) >= 11 is 1.38. The van der Waals surface area contributed by atoms with Crippen molar-refractivity contribution in [3.63, 3.8) is 0 Å². The maximum atomic E-state index is 15.5. The molecule has 3 aromatic carbocycles. The van der Waals surface area contributed by atoms with Crippen molar-refractivity contribution in [2.24, 2.45) is 13.0 Å². The molecule has 3 aliphatic heterocycles. The molecular weight excluding hydrogens is 1030 g/mol. The second kappa shape index (κ2) is 22.0. The van der Waals surface area contributed by atoms with E-state index in [0.717, 1.165) is 91.0 Å². The largest absolute Gasteiger partial charge is 0.490 e. The molecule has 1 unspecified atom stereocenters. The van der Waals surface area contributed by atoms with Crippen LogP contribution < -0.4 is 25.2 Å². The molecule has 11 rings (SSSR count). The number of fused-ring (bicyclic) bond motifs is 3. The third-order valence-corrected chi connectivity index (χ3v) is 16.5. The zero-order valence-corrected chi connectivity index (χ0v) is 45.5. The maximum absolute atomic E-state index is 15.5. The number of carbonyl (C=O) groups excluding carboxylic acids is 4. The van der Waals surface area contributed by atoms with Crippen LogP contribution in [0.2, 0.25) is 0 Å². The number of ether oxygens (including phenoxy) is 2. The molecule has 7 heterocycles. The lowest BCUT2D eigenvalue weighted by atomic mass is 9.84. The molecule has 4 aliphatic rings. The van der Waals surface area contributed by atoms with Gasteiger partial charge in [-0.1, -0.05) is 47.7 Å². The number of anilines is 3. The van der Waals surface area contributed by atoms with Gasteiger partial charge in [0.15, 0.2) is 16.5 Å². The minimum atomic E-state index is -4.84. The monoisotopic (exact) mass is 1100 g/mol. The number of imide groups is 1. The molecule has 1 atom stereocenters. The van der Waals surface area contributed by atoms with Crippen LogP contribution in [0.25, 0.3) is 32.4 Å². The van der Waals surface area contributed by atoms with Crippen LogP contribution in [0.1, 0.15) is 121 Å². The number of nitrogens with one attached hydrogen (secondary N) is 2. The summed E-state index contributed by atoms with van der Waals surface area (Å²) in [5.74, 6) is -0.875. The number of piperidine rings is 1. The summed E-state index contributed by atoms with van der Waals surface area (Å²) in [4.78, 5) is 73.2. The van der Waals surface area contributed by atoms with Crippen LogP contribution in [0.3, 0.4) is 0 Å². The van der Waals surface area contributed by atoms with Gasteiger partial charge in [-0.3, -0.25) is 34.6 Å². The molecule has 1 aliphatic carbocycles. The van der Waals surface area contributed by atoms with Gasteiger partial charge in [-0.15, -0.1) is 0 Å². The average Bonchev–Trinajstić information content (AvgIpc) is 4.14. The van der Waals surface area contributed by atoms with Gasteiger partial charge in [-0.2, -0.15) is 18.3 Å². The van der Waals surface area contributed by atoms with Crippen LogP contribution in [0.15, 0.2) is 84.9 Å². The van der Waals surface area contributed by atoms with Gasteiger partial charge in [0.1, 0.15) is 28.5 Å². The van der Waals surface area contributed by atoms with Crippen LogP contribution in [0.4, 0.5) is 29.9 Å². The van der Waals surface area contributed by atoms with E-state index in [1.807, 2.05) is 60.5 Å². The van der Waals surface area contributed by atoms with Gasteiger partial charge in [0.05, 0.1) is 27.9 Å². The van der Waals surface area contributed by atoms with E-state index in [1.54, 1.807) is 37.6 Å². The first-order valence-corrected chi connectivity index (χ1v) is 28.0. The number of amides is 3. The van der Waals surface area contributed by atoms with Gasteiger partial charge in [-0.25, -0.2) is 19.7 Å². The van der Waals surface area contributed by atoms with E-state index in [4.69, 9.17) is 19.4 Å². The van der Waals surface area contributed by atoms with Crippen molar-refractivity contribution in [2.45, 2.75) is 109 Å². The summed E-state index contributed by atoms with van der Waals surface area (Å²) in [7, 11) is 1.82. The summed E-state index contributed by atoms with van der Waals surface area (Å²) in [5.41, 5.74) is 1.90. The fourth-order valence-electron chi connectivity index (χ4n) is 11.6. The Bertz CT molecular complexity index is 3430. The number of alkyl halides is 3. The molecule has 2 saturated heterocycles. The van der Waals surface area contributed by atoms with E-state index in [0.29, 0.717) is 66.0 Å². The zero-order valence-electron chi connectivity index (χ0n) is 44.7. The van der Waals surface area contributed by atoms with E-state index in [9.17, 15) is 19.2 Å². The molecule has 0 spiro atoms. The molecule has 3 amide bonds. The lowest BCUT2D eigenvalue weighted by Crippen LogP contribution is -2.47. The SMILES string of the molecule is Cn1nc(C2CCC(=O)NC2=O)c2ccc(N3CCN(CCCC4CCC(Oc5cccc(-c6ccc(N7CCc8cccc(C(=O)Nc9nc%10ccccc%10s9)c8C7)nc6C(=O)OC(C)(C)C)c5C(F)(F)F)CC4)CC3)nc21. The average molecular weight is 1100 g/mol. The predicted molar refractivity (Wildman–Crippen MR) is 297 cm³/mol. The third kappa shape index (κ3) is 11.7. The van der Waals surface area contributed by atoms with Gasteiger partial charge in [0.25, 0.3) is 5.91 Å². The Labute approximate surface area is 459 Å². The van der Waals surface area contributed by atoms with Crippen molar-refractivity contribution in [1.82, 2.24) is 34.9 Å². The van der Waals surface area contributed by atoms with Crippen LogP contribution in [-0.4, -0.2) is 104 Å². The lowest BCUT2D eigenvalue weighted by molar-refractivity contribution is -0.139. The van der Waals surface area contributed by atoms with E-state index in [-0.39, 0.29) is 53.3 Å². The van der Waals surface area contributed by atoms with Crippen molar-refractivity contribution in [3.8, 4) is 16.9 Å². The fourth-order valence-corrected chi connectivity index (χ4v) is 12.5. The second-order valence-electron chi connectivity index (χ2n) is 22.1. The third-order valence-electron chi connectivity index (χ3n) is 15.6. The Balaban J connectivity index is 0.722. The number of hydrogen-bond acceptors (Lipinski definition) is 14. The highest BCUT2D eigenvalue weighted by molar-refractivity contribution is 7.22. The van der Waals surface area contributed by atoms with Crippen molar-refractivity contribution in [2.75, 3.05) is 54.4 Å². The molecule has 79 heavy (non-hydrogen) atoms. The number of thiazole rings is 1. The number of para-hydroxylation sites is 1. The van der Waals surface area contributed by atoms with Gasteiger partial charge in [0, 0.05) is 74.8 Å². The first-order valence-electron chi connectivity index (χ1n) is 27.2. The number of rotatable bonds is 13. The molecule has 0 radical (unpaired) electrons. The smallest absolute Gasteiger partial charge is 0.420 e.